The molecule has 0 saturated heterocycles. The summed E-state index contributed by atoms with van der Waals surface area (Å²) in [6.45, 7) is 6.81. The SMILES string of the molecule is COC(C)(C)C(=O)NCCCn1c(Sc2cc3c(cc2C)CCC3)nc2c(N)ncnc21. The molecule has 1 aliphatic rings. The minimum atomic E-state index is -0.852. The van der Waals surface area contributed by atoms with E-state index in [-0.39, 0.29) is 5.91 Å². The van der Waals surface area contributed by atoms with Crippen molar-refractivity contribution in [3.05, 3.63) is 35.2 Å². The molecule has 32 heavy (non-hydrogen) atoms. The summed E-state index contributed by atoms with van der Waals surface area (Å²) in [7, 11) is 1.53. The second-order valence-electron chi connectivity index (χ2n) is 8.64. The predicted octanol–water partition coefficient (Wildman–Crippen LogP) is 3.29. The van der Waals surface area contributed by atoms with Crippen molar-refractivity contribution in [1.29, 1.82) is 0 Å². The number of imidazole rings is 1. The summed E-state index contributed by atoms with van der Waals surface area (Å²) in [5.74, 6) is 0.238. The lowest BCUT2D eigenvalue weighted by Crippen LogP contribution is -2.44. The van der Waals surface area contributed by atoms with Gasteiger partial charge in [-0.25, -0.2) is 15.0 Å². The number of amides is 1. The quantitative estimate of drug-likeness (QED) is 0.503. The molecule has 1 aliphatic carbocycles. The third-order valence-electron chi connectivity index (χ3n) is 6.02. The van der Waals surface area contributed by atoms with Gasteiger partial charge in [-0.1, -0.05) is 17.8 Å². The van der Waals surface area contributed by atoms with Crippen LogP contribution in [0.25, 0.3) is 11.2 Å². The van der Waals surface area contributed by atoms with Crippen molar-refractivity contribution in [2.45, 2.75) is 68.7 Å². The molecule has 1 aromatic carbocycles. The van der Waals surface area contributed by atoms with E-state index in [1.807, 2.05) is 0 Å². The molecule has 3 aromatic rings. The molecule has 0 aliphatic heterocycles. The molecule has 0 bridgehead atoms. The first-order valence-corrected chi connectivity index (χ1v) is 11.7. The molecule has 4 rings (SSSR count). The maximum atomic E-state index is 12.3. The highest BCUT2D eigenvalue weighted by Gasteiger charge is 2.26. The number of ether oxygens (including phenoxy) is 1. The van der Waals surface area contributed by atoms with Crippen molar-refractivity contribution in [3.8, 4) is 0 Å². The van der Waals surface area contributed by atoms with Gasteiger partial charge in [0, 0.05) is 25.1 Å². The number of nitrogen functional groups attached to an aromatic ring is 1. The first kappa shape index (κ1) is 22.5. The Hall–Kier alpha value is -2.65. The second kappa shape index (κ2) is 9.07. The molecule has 0 fully saturated rings. The van der Waals surface area contributed by atoms with Gasteiger partial charge in [0.05, 0.1) is 0 Å². The molecular weight excluding hydrogens is 424 g/mol. The van der Waals surface area contributed by atoms with Crippen LogP contribution < -0.4 is 11.1 Å². The Bertz CT molecular complexity index is 1160. The number of carbonyl (C=O) groups excluding carboxylic acids is 1. The second-order valence-corrected chi connectivity index (χ2v) is 9.65. The Labute approximate surface area is 192 Å². The molecule has 0 radical (unpaired) electrons. The zero-order valence-electron chi connectivity index (χ0n) is 19.1. The highest BCUT2D eigenvalue weighted by atomic mass is 32.2. The van der Waals surface area contributed by atoms with Crippen LogP contribution in [0.4, 0.5) is 5.82 Å². The number of anilines is 1. The van der Waals surface area contributed by atoms with Gasteiger partial charge in [-0.3, -0.25) is 4.79 Å². The number of rotatable bonds is 8. The predicted molar refractivity (Wildman–Crippen MR) is 126 cm³/mol. The van der Waals surface area contributed by atoms with Crippen molar-refractivity contribution >= 4 is 34.7 Å². The molecule has 0 unspecified atom stereocenters. The van der Waals surface area contributed by atoms with Crippen LogP contribution in [0.15, 0.2) is 28.5 Å². The number of aryl methyl sites for hydroxylation is 4. The van der Waals surface area contributed by atoms with Crippen LogP contribution in [0, 0.1) is 6.92 Å². The van der Waals surface area contributed by atoms with Crippen LogP contribution in [-0.4, -0.2) is 44.7 Å². The lowest BCUT2D eigenvalue weighted by Gasteiger charge is -2.21. The number of benzene rings is 1. The summed E-state index contributed by atoms with van der Waals surface area (Å²) < 4.78 is 7.31. The number of nitrogens with two attached hydrogens (primary N) is 1. The molecule has 2 heterocycles. The van der Waals surface area contributed by atoms with Crippen molar-refractivity contribution < 1.29 is 9.53 Å². The van der Waals surface area contributed by atoms with Crippen LogP contribution in [0.1, 0.15) is 43.4 Å². The molecule has 0 saturated carbocycles. The zero-order valence-corrected chi connectivity index (χ0v) is 19.9. The monoisotopic (exact) mass is 454 g/mol. The maximum Gasteiger partial charge on any atom is 0.251 e. The molecule has 3 N–H and O–H groups in total. The summed E-state index contributed by atoms with van der Waals surface area (Å²) in [5, 5.41) is 3.77. The van der Waals surface area contributed by atoms with Gasteiger partial charge in [0.15, 0.2) is 22.1 Å². The first-order valence-electron chi connectivity index (χ1n) is 10.9. The number of nitrogens with zero attached hydrogens (tertiary/aromatic N) is 4. The van der Waals surface area contributed by atoms with E-state index in [1.165, 1.54) is 41.4 Å². The third-order valence-corrected chi connectivity index (χ3v) is 7.17. The van der Waals surface area contributed by atoms with Gasteiger partial charge in [0.2, 0.25) is 0 Å². The third kappa shape index (κ3) is 4.45. The standard InChI is InChI=1S/C23H30N6O2S/c1-14-11-15-7-5-8-16(15)12-17(14)32-22-28-18-19(24)26-13-27-20(18)29(22)10-6-9-25-21(30)23(2,3)31-4/h11-13H,5-10H2,1-4H3,(H,25,30)(H2,24,26,27). The normalized spacial score (nSPS) is 13.5. The number of methoxy groups -OCH3 is 1. The molecule has 170 valence electrons. The molecule has 9 heteroatoms. The van der Waals surface area contributed by atoms with Crippen LogP contribution in [0.2, 0.25) is 0 Å². The van der Waals surface area contributed by atoms with Gasteiger partial charge in [-0.2, -0.15) is 0 Å². The Morgan fingerprint density at radius 2 is 2.03 bits per heavy atom. The van der Waals surface area contributed by atoms with Gasteiger partial charge < -0.3 is 20.4 Å². The number of nitrogens with one attached hydrogen (secondary N) is 1. The molecule has 2 aromatic heterocycles. The Balaban J connectivity index is 1.56. The summed E-state index contributed by atoms with van der Waals surface area (Å²) in [6.07, 6.45) is 5.71. The minimum Gasteiger partial charge on any atom is -0.382 e. The fraction of sp³-hybridized carbons (Fsp3) is 0.478. The molecule has 8 nitrogen and oxygen atoms in total. The largest absolute Gasteiger partial charge is 0.382 e. The van der Waals surface area contributed by atoms with Crippen LogP contribution in [0.5, 0.6) is 0 Å². The van der Waals surface area contributed by atoms with E-state index in [0.717, 1.165) is 24.4 Å². The topological polar surface area (TPSA) is 108 Å². The number of aromatic nitrogens is 4. The van der Waals surface area contributed by atoms with Crippen molar-refractivity contribution in [2.75, 3.05) is 19.4 Å². The van der Waals surface area contributed by atoms with E-state index in [9.17, 15) is 4.79 Å². The summed E-state index contributed by atoms with van der Waals surface area (Å²) in [4.78, 5) is 26.8. The molecule has 0 atom stereocenters. The summed E-state index contributed by atoms with van der Waals surface area (Å²) >= 11 is 1.63. The number of carbonyl (C=O) groups is 1. The van der Waals surface area contributed by atoms with E-state index in [0.29, 0.717) is 30.1 Å². The van der Waals surface area contributed by atoms with Crippen molar-refractivity contribution in [1.82, 2.24) is 24.8 Å². The highest BCUT2D eigenvalue weighted by Crippen LogP contribution is 2.36. The van der Waals surface area contributed by atoms with Gasteiger partial charge >= 0.3 is 0 Å². The average molecular weight is 455 g/mol. The zero-order chi connectivity index (χ0) is 22.9. The van der Waals surface area contributed by atoms with E-state index in [2.05, 4.69) is 38.9 Å². The lowest BCUT2D eigenvalue weighted by molar-refractivity contribution is -0.139. The average Bonchev–Trinajstić information content (AvgIpc) is 3.36. The van der Waals surface area contributed by atoms with Crippen molar-refractivity contribution in [3.63, 3.8) is 0 Å². The summed E-state index contributed by atoms with van der Waals surface area (Å²) in [5.41, 5.74) is 10.7. The maximum absolute atomic E-state index is 12.3. The fourth-order valence-corrected chi connectivity index (χ4v) is 4.93. The van der Waals surface area contributed by atoms with E-state index in [1.54, 1.807) is 25.6 Å². The Morgan fingerprint density at radius 3 is 2.78 bits per heavy atom. The summed E-state index contributed by atoms with van der Waals surface area (Å²) in [6, 6.07) is 4.60. The Morgan fingerprint density at radius 1 is 1.28 bits per heavy atom. The molecular formula is C23H30N6O2S. The van der Waals surface area contributed by atoms with E-state index in [4.69, 9.17) is 15.5 Å². The van der Waals surface area contributed by atoms with E-state index >= 15 is 0 Å². The van der Waals surface area contributed by atoms with Crippen LogP contribution >= 0.6 is 11.8 Å². The molecule has 0 spiro atoms. The lowest BCUT2D eigenvalue weighted by atomic mass is 10.1. The Kier molecular flexibility index (Phi) is 6.39. The smallest absolute Gasteiger partial charge is 0.251 e. The number of fused-ring (bicyclic) bond motifs is 2. The minimum absolute atomic E-state index is 0.134. The number of hydrogen-bond donors (Lipinski definition) is 2. The highest BCUT2D eigenvalue weighted by molar-refractivity contribution is 7.99. The first-order chi connectivity index (χ1) is 15.3. The van der Waals surface area contributed by atoms with Gasteiger partial charge in [0.25, 0.3) is 5.91 Å². The van der Waals surface area contributed by atoms with Crippen LogP contribution in [-0.2, 0) is 28.9 Å². The van der Waals surface area contributed by atoms with Crippen molar-refractivity contribution in [2.24, 2.45) is 0 Å². The van der Waals surface area contributed by atoms with Gasteiger partial charge in [-0.05, 0) is 69.2 Å². The van der Waals surface area contributed by atoms with Gasteiger partial charge in [-0.15, -0.1) is 0 Å². The molecule has 1 amide bonds. The van der Waals surface area contributed by atoms with Gasteiger partial charge in [0.1, 0.15) is 11.9 Å². The van der Waals surface area contributed by atoms with E-state index < -0.39 is 5.60 Å². The fourth-order valence-electron chi connectivity index (χ4n) is 3.89. The van der Waals surface area contributed by atoms with Crippen LogP contribution in [0.3, 0.4) is 0 Å². The number of hydrogen-bond acceptors (Lipinski definition) is 7.